The van der Waals surface area contributed by atoms with Gasteiger partial charge in [-0.25, -0.2) is 0 Å². The van der Waals surface area contributed by atoms with E-state index < -0.39 is 0 Å². The monoisotopic (exact) mass is 227 g/mol. The second kappa shape index (κ2) is 3.25. The molecule has 0 spiro atoms. The zero-order valence-electron chi connectivity index (χ0n) is 7.33. The largest absolute Gasteiger partial charge is 0.348 e. The van der Waals surface area contributed by atoms with Gasteiger partial charge in [0, 0.05) is 22.8 Å². The van der Waals surface area contributed by atoms with Crippen LogP contribution in [0.1, 0.15) is 31.0 Å². The van der Waals surface area contributed by atoms with Crippen molar-refractivity contribution in [2.45, 2.75) is 37.1 Å². The minimum absolute atomic E-state index is 0.684. The lowest BCUT2D eigenvalue weighted by atomic mass is 10.2. The van der Waals surface area contributed by atoms with Crippen molar-refractivity contribution >= 4 is 15.9 Å². The van der Waals surface area contributed by atoms with Gasteiger partial charge in [0.1, 0.15) is 0 Å². The van der Waals surface area contributed by atoms with Crippen molar-refractivity contribution in [3.63, 3.8) is 0 Å². The molecule has 66 valence electrons. The average Bonchev–Trinajstić information content (AvgIpc) is 2.59. The minimum Gasteiger partial charge on any atom is -0.348 e. The van der Waals surface area contributed by atoms with Crippen LogP contribution in [0, 0.1) is 6.92 Å². The smallest absolute Gasteiger partial charge is 0.0458 e. The molecule has 0 saturated heterocycles. The molecule has 2 rings (SSSR count). The van der Waals surface area contributed by atoms with Crippen molar-refractivity contribution in [1.29, 1.82) is 0 Å². The van der Waals surface area contributed by atoms with Crippen LogP contribution in [0.5, 0.6) is 0 Å². The summed E-state index contributed by atoms with van der Waals surface area (Å²) in [4.78, 5) is 0.684. The molecule has 1 aromatic rings. The summed E-state index contributed by atoms with van der Waals surface area (Å²) in [5.41, 5.74) is 1.38. The van der Waals surface area contributed by atoms with Gasteiger partial charge in [-0.15, -0.1) is 0 Å². The molecule has 1 fully saturated rings. The Morgan fingerprint density at radius 2 is 2.33 bits per heavy atom. The van der Waals surface area contributed by atoms with Crippen molar-refractivity contribution in [1.82, 2.24) is 4.57 Å². The van der Waals surface area contributed by atoms with Gasteiger partial charge in [-0.1, -0.05) is 22.4 Å². The van der Waals surface area contributed by atoms with Gasteiger partial charge >= 0.3 is 0 Å². The second-order valence-electron chi connectivity index (χ2n) is 3.57. The van der Waals surface area contributed by atoms with Crippen LogP contribution in [-0.4, -0.2) is 9.39 Å². The molecule has 12 heavy (non-hydrogen) atoms. The molecule has 1 heterocycles. The molecule has 0 radical (unpaired) electrons. The number of hydrogen-bond donors (Lipinski definition) is 0. The first-order valence-electron chi connectivity index (χ1n) is 4.56. The van der Waals surface area contributed by atoms with E-state index in [2.05, 4.69) is 45.8 Å². The third-order valence-electron chi connectivity index (χ3n) is 2.75. The van der Waals surface area contributed by atoms with Crippen molar-refractivity contribution in [3.8, 4) is 0 Å². The Labute approximate surface area is 81.9 Å². The molecular weight excluding hydrogens is 214 g/mol. The second-order valence-corrected chi connectivity index (χ2v) is 4.75. The molecule has 1 aliphatic rings. The minimum atomic E-state index is 0.684. The van der Waals surface area contributed by atoms with Gasteiger partial charge in [0.05, 0.1) is 0 Å². The SMILES string of the molecule is Cc1cccn1C1CCCC1Br. The van der Waals surface area contributed by atoms with Gasteiger partial charge < -0.3 is 4.57 Å². The van der Waals surface area contributed by atoms with Crippen molar-refractivity contribution < 1.29 is 0 Å². The lowest BCUT2D eigenvalue weighted by molar-refractivity contribution is 0.524. The van der Waals surface area contributed by atoms with Crippen LogP contribution in [0.25, 0.3) is 0 Å². The maximum absolute atomic E-state index is 3.74. The van der Waals surface area contributed by atoms with Gasteiger partial charge in [0.2, 0.25) is 0 Å². The van der Waals surface area contributed by atoms with E-state index in [1.165, 1.54) is 25.0 Å². The van der Waals surface area contributed by atoms with E-state index in [1.54, 1.807) is 0 Å². The standard InChI is InChI=1S/C10H14BrN/c1-8-4-3-7-12(8)10-6-2-5-9(10)11/h3-4,7,9-10H,2,5-6H2,1H3. The van der Waals surface area contributed by atoms with Crippen LogP contribution in [0.15, 0.2) is 18.3 Å². The molecule has 0 aliphatic heterocycles. The Balaban J connectivity index is 2.24. The lowest BCUT2D eigenvalue weighted by Crippen LogP contribution is -2.13. The molecular formula is C10H14BrN. The summed E-state index contributed by atoms with van der Waals surface area (Å²) in [5.74, 6) is 0. The normalized spacial score (nSPS) is 29.5. The summed E-state index contributed by atoms with van der Waals surface area (Å²) in [6.45, 7) is 2.18. The maximum Gasteiger partial charge on any atom is 0.0458 e. The first-order valence-corrected chi connectivity index (χ1v) is 5.48. The van der Waals surface area contributed by atoms with E-state index in [0.29, 0.717) is 10.9 Å². The third-order valence-corrected chi connectivity index (χ3v) is 3.81. The van der Waals surface area contributed by atoms with E-state index in [1.807, 2.05) is 0 Å². The van der Waals surface area contributed by atoms with Gasteiger partial charge in [0.25, 0.3) is 0 Å². The molecule has 2 heteroatoms. The third kappa shape index (κ3) is 1.33. The first kappa shape index (κ1) is 8.36. The number of alkyl halides is 1. The predicted molar refractivity (Wildman–Crippen MR) is 54.8 cm³/mol. The topological polar surface area (TPSA) is 4.93 Å². The van der Waals surface area contributed by atoms with E-state index in [0.717, 1.165) is 0 Å². The van der Waals surface area contributed by atoms with E-state index in [9.17, 15) is 0 Å². The van der Waals surface area contributed by atoms with Crippen LogP contribution in [0.4, 0.5) is 0 Å². The van der Waals surface area contributed by atoms with E-state index in [4.69, 9.17) is 0 Å². The highest BCUT2D eigenvalue weighted by Crippen LogP contribution is 2.35. The van der Waals surface area contributed by atoms with E-state index >= 15 is 0 Å². The zero-order chi connectivity index (χ0) is 8.55. The number of hydrogen-bond acceptors (Lipinski definition) is 0. The van der Waals surface area contributed by atoms with Crippen LogP contribution in [0.2, 0.25) is 0 Å². The Morgan fingerprint density at radius 3 is 2.83 bits per heavy atom. The fourth-order valence-corrected chi connectivity index (χ4v) is 2.90. The van der Waals surface area contributed by atoms with Crippen molar-refractivity contribution in [2.24, 2.45) is 0 Å². The van der Waals surface area contributed by atoms with Crippen molar-refractivity contribution in [3.05, 3.63) is 24.0 Å². The van der Waals surface area contributed by atoms with E-state index in [-0.39, 0.29) is 0 Å². The van der Waals surface area contributed by atoms with Gasteiger partial charge in [-0.3, -0.25) is 0 Å². The van der Waals surface area contributed by atoms with Gasteiger partial charge in [-0.05, 0) is 31.9 Å². The van der Waals surface area contributed by atoms with Crippen molar-refractivity contribution in [2.75, 3.05) is 0 Å². The maximum atomic E-state index is 3.74. The molecule has 1 nitrogen and oxygen atoms in total. The molecule has 1 aliphatic carbocycles. The average molecular weight is 228 g/mol. The van der Waals surface area contributed by atoms with Crippen LogP contribution >= 0.6 is 15.9 Å². The fraction of sp³-hybridized carbons (Fsp3) is 0.600. The molecule has 0 N–H and O–H groups in total. The summed E-state index contributed by atoms with van der Waals surface area (Å²) in [5, 5.41) is 0. The molecule has 0 amide bonds. The molecule has 1 saturated carbocycles. The number of aryl methyl sites for hydroxylation is 1. The molecule has 0 aromatic carbocycles. The number of nitrogens with zero attached hydrogens (tertiary/aromatic N) is 1. The number of halogens is 1. The zero-order valence-corrected chi connectivity index (χ0v) is 8.92. The summed E-state index contributed by atoms with van der Waals surface area (Å²) in [7, 11) is 0. The molecule has 2 atom stereocenters. The number of rotatable bonds is 1. The Hall–Kier alpha value is -0.240. The van der Waals surface area contributed by atoms with Gasteiger partial charge in [-0.2, -0.15) is 0 Å². The molecule has 2 unspecified atom stereocenters. The predicted octanol–water partition coefficient (Wildman–Crippen LogP) is 3.29. The van der Waals surface area contributed by atoms with Crippen LogP contribution in [0.3, 0.4) is 0 Å². The summed E-state index contributed by atoms with van der Waals surface area (Å²) in [6, 6.07) is 5.01. The van der Waals surface area contributed by atoms with Crippen LogP contribution in [-0.2, 0) is 0 Å². The first-order chi connectivity index (χ1) is 5.79. The highest BCUT2D eigenvalue weighted by atomic mass is 79.9. The summed E-state index contributed by atoms with van der Waals surface area (Å²) >= 11 is 3.74. The quantitative estimate of drug-likeness (QED) is 0.650. The lowest BCUT2D eigenvalue weighted by Gasteiger charge is -2.18. The summed E-state index contributed by atoms with van der Waals surface area (Å²) < 4.78 is 2.40. The Bertz CT molecular complexity index is 267. The molecule has 0 bridgehead atoms. The van der Waals surface area contributed by atoms with Gasteiger partial charge in [0.15, 0.2) is 0 Å². The number of aromatic nitrogens is 1. The van der Waals surface area contributed by atoms with Crippen LogP contribution < -0.4 is 0 Å². The summed E-state index contributed by atoms with van der Waals surface area (Å²) in [6.07, 6.45) is 6.20. The Morgan fingerprint density at radius 1 is 1.50 bits per heavy atom. The highest BCUT2D eigenvalue weighted by Gasteiger charge is 2.26. The fourth-order valence-electron chi connectivity index (χ4n) is 2.06. The Kier molecular flexibility index (Phi) is 2.26. The highest BCUT2D eigenvalue weighted by molar-refractivity contribution is 9.09. The molecule has 1 aromatic heterocycles.